The van der Waals surface area contributed by atoms with Gasteiger partial charge in [-0.2, -0.15) is 0 Å². The summed E-state index contributed by atoms with van der Waals surface area (Å²) in [6.07, 6.45) is 9.29. The Hall–Kier alpha value is -0.570. The summed E-state index contributed by atoms with van der Waals surface area (Å²) in [5.74, 6) is 0. The van der Waals surface area contributed by atoms with Crippen molar-refractivity contribution in [1.29, 1.82) is 0 Å². The van der Waals surface area contributed by atoms with Gasteiger partial charge in [-0.3, -0.25) is 0 Å². The molecule has 3 fully saturated rings. The van der Waals surface area contributed by atoms with E-state index in [0.717, 1.165) is 24.5 Å². The van der Waals surface area contributed by atoms with Crippen LogP contribution in [-0.4, -0.2) is 24.8 Å². The molecule has 1 N–H and O–H groups in total. The molecular formula is C18H24ClNO. The third-order valence-corrected chi connectivity index (χ3v) is 6.17. The second-order valence-electron chi connectivity index (χ2n) is 7.24. The second kappa shape index (κ2) is 5.26. The van der Waals surface area contributed by atoms with Crippen LogP contribution in [0.3, 0.4) is 0 Å². The fraction of sp³-hybridized carbons (Fsp3) is 0.667. The van der Waals surface area contributed by atoms with Crippen LogP contribution in [0.15, 0.2) is 24.3 Å². The van der Waals surface area contributed by atoms with Crippen LogP contribution in [0.25, 0.3) is 0 Å². The van der Waals surface area contributed by atoms with Gasteiger partial charge in [0.1, 0.15) is 0 Å². The average molecular weight is 306 g/mol. The molecule has 2 heterocycles. The minimum atomic E-state index is 0.188. The van der Waals surface area contributed by atoms with Gasteiger partial charge in [0.2, 0.25) is 0 Å². The number of benzene rings is 1. The summed E-state index contributed by atoms with van der Waals surface area (Å²) in [6.45, 7) is 2.06. The molecule has 0 amide bonds. The Labute approximate surface area is 132 Å². The summed E-state index contributed by atoms with van der Waals surface area (Å²) in [4.78, 5) is 0. The van der Waals surface area contributed by atoms with Crippen molar-refractivity contribution in [2.45, 2.75) is 62.1 Å². The molecule has 3 aliphatic rings. The molecule has 1 unspecified atom stereocenters. The van der Waals surface area contributed by atoms with E-state index in [1.54, 1.807) is 0 Å². The number of rotatable bonds is 3. The summed E-state index contributed by atoms with van der Waals surface area (Å²) >= 11 is 6.46. The molecule has 0 aromatic heterocycles. The molecule has 2 saturated heterocycles. The Morgan fingerprint density at radius 1 is 1.14 bits per heavy atom. The van der Waals surface area contributed by atoms with Crippen molar-refractivity contribution in [3.63, 3.8) is 0 Å². The molecule has 1 saturated carbocycles. The lowest BCUT2D eigenvalue weighted by Gasteiger charge is -2.45. The van der Waals surface area contributed by atoms with E-state index in [1.165, 1.54) is 44.1 Å². The first-order chi connectivity index (χ1) is 10.2. The Morgan fingerprint density at radius 2 is 1.90 bits per heavy atom. The van der Waals surface area contributed by atoms with Gasteiger partial charge in [0.05, 0.1) is 11.7 Å². The molecule has 2 nitrogen and oxygen atoms in total. The van der Waals surface area contributed by atoms with Crippen molar-refractivity contribution >= 4 is 11.6 Å². The van der Waals surface area contributed by atoms with Gasteiger partial charge in [0, 0.05) is 23.5 Å². The Kier molecular flexibility index (Phi) is 3.52. The molecule has 4 rings (SSSR count). The van der Waals surface area contributed by atoms with E-state index in [-0.39, 0.29) is 11.0 Å². The SMILES string of the molecule is Clc1ccccc1C1(CC2CCC3(CCCC3)O2)CNC1. The van der Waals surface area contributed by atoms with Gasteiger partial charge in [-0.15, -0.1) is 0 Å². The third-order valence-electron chi connectivity index (χ3n) is 5.84. The Balaban J connectivity index is 1.51. The van der Waals surface area contributed by atoms with Crippen LogP contribution in [0.5, 0.6) is 0 Å². The predicted molar refractivity (Wildman–Crippen MR) is 85.9 cm³/mol. The van der Waals surface area contributed by atoms with Crippen LogP contribution < -0.4 is 5.32 Å². The summed E-state index contributed by atoms with van der Waals surface area (Å²) < 4.78 is 6.53. The van der Waals surface area contributed by atoms with Crippen molar-refractivity contribution in [2.24, 2.45) is 0 Å². The molecular weight excluding hydrogens is 282 g/mol. The molecule has 1 aliphatic carbocycles. The zero-order valence-corrected chi connectivity index (χ0v) is 13.3. The Morgan fingerprint density at radius 3 is 2.57 bits per heavy atom. The molecule has 21 heavy (non-hydrogen) atoms. The van der Waals surface area contributed by atoms with E-state index >= 15 is 0 Å². The van der Waals surface area contributed by atoms with E-state index in [9.17, 15) is 0 Å². The lowest BCUT2D eigenvalue weighted by atomic mass is 9.71. The van der Waals surface area contributed by atoms with Gasteiger partial charge in [-0.25, -0.2) is 0 Å². The van der Waals surface area contributed by atoms with E-state index in [1.807, 2.05) is 12.1 Å². The fourth-order valence-corrected chi connectivity index (χ4v) is 4.96. The van der Waals surface area contributed by atoms with Gasteiger partial charge >= 0.3 is 0 Å². The topological polar surface area (TPSA) is 21.3 Å². The van der Waals surface area contributed by atoms with Crippen LogP contribution in [0.1, 0.15) is 50.5 Å². The maximum absolute atomic E-state index is 6.53. The van der Waals surface area contributed by atoms with E-state index in [4.69, 9.17) is 16.3 Å². The van der Waals surface area contributed by atoms with E-state index in [0.29, 0.717) is 6.10 Å². The first kappa shape index (κ1) is 14.0. The molecule has 0 bridgehead atoms. The highest BCUT2D eigenvalue weighted by atomic mass is 35.5. The van der Waals surface area contributed by atoms with Gasteiger partial charge in [0.15, 0.2) is 0 Å². The van der Waals surface area contributed by atoms with Crippen molar-refractivity contribution in [1.82, 2.24) is 5.32 Å². The highest BCUT2D eigenvalue weighted by molar-refractivity contribution is 6.31. The van der Waals surface area contributed by atoms with Gasteiger partial charge in [-0.05, 0) is 43.7 Å². The van der Waals surface area contributed by atoms with Crippen LogP contribution in [-0.2, 0) is 10.2 Å². The number of hydrogen-bond acceptors (Lipinski definition) is 2. The van der Waals surface area contributed by atoms with Crippen LogP contribution in [0.4, 0.5) is 0 Å². The van der Waals surface area contributed by atoms with Gasteiger partial charge < -0.3 is 10.1 Å². The monoisotopic (exact) mass is 305 g/mol. The summed E-state index contributed by atoms with van der Waals surface area (Å²) in [5, 5.41) is 4.36. The first-order valence-corrected chi connectivity index (χ1v) is 8.73. The number of hydrogen-bond donors (Lipinski definition) is 1. The maximum Gasteiger partial charge on any atom is 0.0687 e. The number of halogens is 1. The predicted octanol–water partition coefficient (Wildman–Crippen LogP) is 4.06. The maximum atomic E-state index is 6.53. The smallest absolute Gasteiger partial charge is 0.0687 e. The molecule has 1 atom stereocenters. The lowest BCUT2D eigenvalue weighted by Crippen LogP contribution is -2.58. The molecule has 3 heteroatoms. The number of ether oxygens (including phenoxy) is 1. The van der Waals surface area contributed by atoms with Crippen LogP contribution in [0, 0.1) is 0 Å². The molecule has 1 aromatic rings. The highest BCUT2D eigenvalue weighted by Gasteiger charge is 2.47. The molecule has 1 aromatic carbocycles. The molecule has 114 valence electrons. The molecule has 1 spiro atoms. The van der Waals surface area contributed by atoms with Gasteiger partial charge in [0.25, 0.3) is 0 Å². The highest BCUT2D eigenvalue weighted by Crippen LogP contribution is 2.47. The van der Waals surface area contributed by atoms with E-state index < -0.39 is 0 Å². The Bertz CT molecular complexity index is 520. The lowest BCUT2D eigenvalue weighted by molar-refractivity contribution is -0.0501. The van der Waals surface area contributed by atoms with Crippen molar-refractivity contribution in [3.8, 4) is 0 Å². The summed E-state index contributed by atoms with van der Waals surface area (Å²) in [6, 6.07) is 8.34. The largest absolute Gasteiger partial charge is 0.372 e. The zero-order valence-electron chi connectivity index (χ0n) is 12.5. The quantitative estimate of drug-likeness (QED) is 0.909. The van der Waals surface area contributed by atoms with Crippen molar-refractivity contribution < 1.29 is 4.74 Å². The first-order valence-electron chi connectivity index (χ1n) is 8.35. The molecule has 2 aliphatic heterocycles. The molecule has 0 radical (unpaired) electrons. The van der Waals surface area contributed by atoms with Crippen LogP contribution in [0.2, 0.25) is 5.02 Å². The zero-order chi connectivity index (χ0) is 14.3. The standard InChI is InChI=1S/C18H24ClNO/c19-16-6-2-1-5-15(16)17(12-20-13-17)11-14-7-10-18(21-14)8-3-4-9-18/h1-2,5-6,14,20H,3-4,7-13H2. The van der Waals surface area contributed by atoms with Gasteiger partial charge in [-0.1, -0.05) is 42.6 Å². The minimum absolute atomic E-state index is 0.188. The fourth-order valence-electron chi connectivity index (χ4n) is 4.62. The van der Waals surface area contributed by atoms with E-state index in [2.05, 4.69) is 17.4 Å². The number of nitrogens with one attached hydrogen (secondary N) is 1. The second-order valence-corrected chi connectivity index (χ2v) is 7.64. The summed E-state index contributed by atoms with van der Waals surface area (Å²) in [7, 11) is 0. The van der Waals surface area contributed by atoms with Crippen LogP contribution >= 0.6 is 11.6 Å². The van der Waals surface area contributed by atoms with Crippen molar-refractivity contribution in [3.05, 3.63) is 34.9 Å². The minimum Gasteiger partial charge on any atom is -0.372 e. The normalized spacial score (nSPS) is 29.7. The van der Waals surface area contributed by atoms with Crippen molar-refractivity contribution in [2.75, 3.05) is 13.1 Å². The average Bonchev–Trinajstić information content (AvgIpc) is 3.06. The third kappa shape index (κ3) is 2.42. The summed E-state index contributed by atoms with van der Waals surface area (Å²) in [5.41, 5.74) is 1.73.